The lowest BCUT2D eigenvalue weighted by Gasteiger charge is -2.15. The van der Waals surface area contributed by atoms with Gasteiger partial charge in [0, 0.05) is 12.1 Å². The van der Waals surface area contributed by atoms with Crippen LogP contribution in [0.15, 0.2) is 12.1 Å². The van der Waals surface area contributed by atoms with Crippen molar-refractivity contribution in [3.63, 3.8) is 0 Å². The first-order valence-electron chi connectivity index (χ1n) is 6.69. The molecule has 0 amide bonds. The second-order valence-electron chi connectivity index (χ2n) is 4.93. The van der Waals surface area contributed by atoms with Crippen molar-refractivity contribution in [2.24, 2.45) is 0 Å². The molecular weight excluding hydrogens is 276 g/mol. The number of benzene rings is 1. The molecule has 0 bridgehead atoms. The monoisotopic (exact) mass is 296 g/mol. The van der Waals surface area contributed by atoms with Crippen LogP contribution in [0.5, 0.6) is 17.2 Å². The molecule has 1 aromatic carbocycles. The van der Waals surface area contributed by atoms with E-state index in [0.717, 1.165) is 19.4 Å². The van der Waals surface area contributed by atoms with E-state index in [1.165, 1.54) is 19.2 Å². The molecular formula is C14H20N2O5. The molecule has 0 saturated carbocycles. The number of phenols is 1. The normalized spacial score (nSPS) is 19.8. The maximum atomic E-state index is 11.0. The molecule has 1 aromatic rings. The number of carbonyl (C=O) groups is 1. The van der Waals surface area contributed by atoms with Crippen molar-refractivity contribution in [2.45, 2.75) is 18.9 Å². The third-order valence-corrected chi connectivity index (χ3v) is 3.52. The van der Waals surface area contributed by atoms with Crippen LogP contribution in [0.4, 0.5) is 5.69 Å². The van der Waals surface area contributed by atoms with Gasteiger partial charge in [0.25, 0.3) is 0 Å². The Balaban J connectivity index is 0.000000155. The number of anilines is 1. The largest absolute Gasteiger partial charge is 0.506 e. The molecule has 1 fully saturated rings. The Hall–Kier alpha value is -2.15. The third-order valence-electron chi connectivity index (χ3n) is 3.52. The molecule has 0 spiro atoms. The van der Waals surface area contributed by atoms with Crippen molar-refractivity contribution in [1.29, 1.82) is 0 Å². The number of likely N-dealkylation sites (N-methyl/N-ethyl adjacent to an activating group) is 1. The highest BCUT2D eigenvalue weighted by molar-refractivity contribution is 5.75. The van der Waals surface area contributed by atoms with E-state index in [0.29, 0.717) is 17.2 Å². The van der Waals surface area contributed by atoms with Crippen LogP contribution in [0.1, 0.15) is 12.8 Å². The van der Waals surface area contributed by atoms with E-state index in [1.807, 2.05) is 11.9 Å². The molecule has 1 unspecified atom stereocenters. The minimum absolute atomic E-state index is 0.0185. The number of esters is 1. The average molecular weight is 296 g/mol. The first-order chi connectivity index (χ1) is 10.0. The number of methoxy groups -OCH3 is 1. The summed E-state index contributed by atoms with van der Waals surface area (Å²) in [5.74, 6) is 1.05. The van der Waals surface area contributed by atoms with Crippen LogP contribution in [0.2, 0.25) is 0 Å². The van der Waals surface area contributed by atoms with Gasteiger partial charge in [0.2, 0.25) is 6.79 Å². The second-order valence-corrected chi connectivity index (χ2v) is 4.93. The maximum Gasteiger partial charge on any atom is 0.323 e. The Morgan fingerprint density at radius 2 is 2.10 bits per heavy atom. The van der Waals surface area contributed by atoms with Gasteiger partial charge in [-0.25, -0.2) is 0 Å². The van der Waals surface area contributed by atoms with Crippen LogP contribution in [0, 0.1) is 0 Å². The van der Waals surface area contributed by atoms with Crippen molar-refractivity contribution in [1.82, 2.24) is 4.90 Å². The van der Waals surface area contributed by atoms with Gasteiger partial charge in [-0.1, -0.05) is 0 Å². The number of nitrogens with zero attached hydrogens (tertiary/aromatic N) is 1. The van der Waals surface area contributed by atoms with Gasteiger partial charge in [0.1, 0.15) is 11.8 Å². The van der Waals surface area contributed by atoms with Gasteiger partial charge >= 0.3 is 5.97 Å². The molecule has 116 valence electrons. The van der Waals surface area contributed by atoms with Crippen molar-refractivity contribution < 1.29 is 24.1 Å². The summed E-state index contributed by atoms with van der Waals surface area (Å²) in [5.41, 5.74) is 5.71. The van der Waals surface area contributed by atoms with Crippen molar-refractivity contribution in [3.8, 4) is 17.2 Å². The van der Waals surface area contributed by atoms with E-state index in [9.17, 15) is 4.79 Å². The molecule has 2 aliphatic rings. The summed E-state index contributed by atoms with van der Waals surface area (Å²) in [4.78, 5) is 13.0. The number of nitrogens with two attached hydrogens (primary N) is 1. The molecule has 1 atom stereocenters. The molecule has 7 heteroatoms. The van der Waals surface area contributed by atoms with Gasteiger partial charge in [-0.15, -0.1) is 0 Å². The third kappa shape index (κ3) is 3.49. The number of fused-ring (bicyclic) bond motifs is 1. The molecule has 2 aliphatic heterocycles. The highest BCUT2D eigenvalue weighted by Gasteiger charge is 2.28. The van der Waals surface area contributed by atoms with E-state index >= 15 is 0 Å². The van der Waals surface area contributed by atoms with Gasteiger partial charge < -0.3 is 25.1 Å². The van der Waals surface area contributed by atoms with Gasteiger partial charge in [0.15, 0.2) is 11.5 Å². The highest BCUT2D eigenvalue weighted by Crippen LogP contribution is 2.38. The Morgan fingerprint density at radius 1 is 1.43 bits per heavy atom. The predicted octanol–water partition coefficient (Wildman–Crippen LogP) is 0.957. The van der Waals surface area contributed by atoms with E-state index in [2.05, 4.69) is 4.74 Å². The van der Waals surface area contributed by atoms with E-state index in [4.69, 9.17) is 20.3 Å². The van der Waals surface area contributed by atoms with Crippen LogP contribution in [-0.4, -0.2) is 49.5 Å². The van der Waals surface area contributed by atoms with Gasteiger partial charge in [0.05, 0.1) is 12.8 Å². The number of hydrogen-bond acceptors (Lipinski definition) is 7. The number of likely N-dealkylation sites (tertiary alicyclic amines) is 1. The molecule has 3 rings (SSSR count). The van der Waals surface area contributed by atoms with Crippen LogP contribution in [0.3, 0.4) is 0 Å². The molecule has 0 aromatic heterocycles. The summed E-state index contributed by atoms with van der Waals surface area (Å²) in [7, 11) is 3.39. The maximum absolute atomic E-state index is 11.0. The van der Waals surface area contributed by atoms with Gasteiger partial charge in [-0.3, -0.25) is 9.69 Å². The summed E-state index contributed by atoms with van der Waals surface area (Å²) in [6, 6.07) is 3.00. The zero-order valence-electron chi connectivity index (χ0n) is 12.2. The van der Waals surface area contributed by atoms with Gasteiger partial charge in [-0.05, 0) is 26.4 Å². The Morgan fingerprint density at radius 3 is 2.67 bits per heavy atom. The Kier molecular flexibility index (Phi) is 4.74. The molecule has 2 heterocycles. The smallest absolute Gasteiger partial charge is 0.323 e. The molecule has 21 heavy (non-hydrogen) atoms. The fourth-order valence-electron chi connectivity index (χ4n) is 2.29. The summed E-state index contributed by atoms with van der Waals surface area (Å²) in [6.45, 7) is 1.21. The summed E-state index contributed by atoms with van der Waals surface area (Å²) >= 11 is 0. The number of rotatable bonds is 1. The number of phenolic OH excluding ortho intramolecular Hbond substituents is 1. The lowest BCUT2D eigenvalue weighted by molar-refractivity contribution is -0.145. The molecule has 1 saturated heterocycles. The lowest BCUT2D eigenvalue weighted by Crippen LogP contribution is -2.33. The van der Waals surface area contributed by atoms with E-state index < -0.39 is 0 Å². The molecule has 3 N–H and O–H groups in total. The fraction of sp³-hybridized carbons (Fsp3) is 0.500. The second kappa shape index (κ2) is 6.53. The number of ether oxygens (including phenoxy) is 3. The van der Waals surface area contributed by atoms with E-state index in [1.54, 1.807) is 0 Å². The minimum Gasteiger partial charge on any atom is -0.506 e. The minimum atomic E-state index is -0.0972. The Labute approximate surface area is 123 Å². The first kappa shape index (κ1) is 15.2. The molecule has 0 aliphatic carbocycles. The molecule has 0 radical (unpaired) electrons. The SMILES string of the molecule is COC(=O)C1CCCN1C.Nc1cc2c(cc1O)OCO2. The number of carbonyl (C=O) groups excluding carboxylic acids is 1. The zero-order chi connectivity index (χ0) is 15.4. The topological polar surface area (TPSA) is 94.3 Å². The fourth-order valence-corrected chi connectivity index (χ4v) is 2.29. The zero-order valence-corrected chi connectivity index (χ0v) is 12.2. The standard InChI is InChI=1S/C7H7NO3.C7H13NO2/c8-4-1-6-7(2-5(4)9)11-3-10-6;1-8-5-3-4-6(8)7(9)10-2/h1-2,9H,3,8H2;6H,3-5H2,1-2H3. The summed E-state index contributed by atoms with van der Waals surface area (Å²) in [6.07, 6.45) is 2.06. The van der Waals surface area contributed by atoms with Crippen molar-refractivity contribution in [3.05, 3.63) is 12.1 Å². The van der Waals surface area contributed by atoms with E-state index in [-0.39, 0.29) is 24.6 Å². The first-order valence-corrected chi connectivity index (χ1v) is 6.69. The van der Waals surface area contributed by atoms with Crippen LogP contribution >= 0.6 is 0 Å². The van der Waals surface area contributed by atoms with Crippen LogP contribution in [-0.2, 0) is 9.53 Å². The number of aromatic hydroxyl groups is 1. The van der Waals surface area contributed by atoms with Crippen LogP contribution in [0.25, 0.3) is 0 Å². The molecule has 7 nitrogen and oxygen atoms in total. The lowest BCUT2D eigenvalue weighted by atomic mass is 10.2. The average Bonchev–Trinajstić information content (AvgIpc) is 3.08. The van der Waals surface area contributed by atoms with Crippen molar-refractivity contribution >= 4 is 11.7 Å². The highest BCUT2D eigenvalue weighted by atomic mass is 16.7. The predicted molar refractivity (Wildman–Crippen MR) is 76.3 cm³/mol. The van der Waals surface area contributed by atoms with Crippen molar-refractivity contribution in [2.75, 3.05) is 33.2 Å². The Bertz CT molecular complexity index is 491. The summed E-state index contributed by atoms with van der Waals surface area (Å²) in [5, 5.41) is 9.12. The number of nitrogen functional groups attached to an aromatic ring is 1. The van der Waals surface area contributed by atoms with Gasteiger partial charge in [-0.2, -0.15) is 0 Å². The summed E-state index contributed by atoms with van der Waals surface area (Å²) < 4.78 is 14.6. The number of hydrogen-bond donors (Lipinski definition) is 2. The van der Waals surface area contributed by atoms with Crippen LogP contribution < -0.4 is 15.2 Å². The quantitative estimate of drug-likeness (QED) is 0.453.